The summed E-state index contributed by atoms with van der Waals surface area (Å²) < 4.78 is 70.4. The van der Waals surface area contributed by atoms with Crippen LogP contribution < -0.4 is 29.8 Å². The Bertz CT molecular complexity index is 4370. The number of hydrogen-bond acceptors (Lipinski definition) is 9. The Labute approximate surface area is 658 Å². The van der Waals surface area contributed by atoms with Crippen molar-refractivity contribution in [2.24, 2.45) is 11.8 Å². The first-order chi connectivity index (χ1) is 50.3. The first-order valence-corrected chi connectivity index (χ1v) is 45.8. The van der Waals surface area contributed by atoms with Crippen LogP contribution in [0.25, 0.3) is 43.9 Å². The van der Waals surface area contributed by atoms with Crippen LogP contribution >= 0.6 is 16.5 Å². The van der Waals surface area contributed by atoms with E-state index in [1.54, 1.807) is 0 Å². The molecule has 1 aliphatic heterocycles. The molecular weight excluding hydrogens is 1420 g/mol. The van der Waals surface area contributed by atoms with Gasteiger partial charge in [0.15, 0.2) is 0 Å². The van der Waals surface area contributed by atoms with Crippen LogP contribution in [0.5, 0.6) is 0 Å². The molecule has 0 amide bonds. The molecule has 8 aromatic carbocycles. The van der Waals surface area contributed by atoms with Crippen molar-refractivity contribution >= 4 is 97.7 Å². The molecule has 11 rings (SSSR count). The SMILES string of the molecule is CC(C)(C)c1cc(C(C)(C)C)c2op(OC[C@@H]3[C@H](CO[Si](c4ccccc4)(c4ccccc4)C(C)(C)C)OC(CO[Si](c4ccccc4)(c4ccccc4)C(C)(C)C)[C@H]3COp3oc4c(C(C)(C)C)cc(C(C)(C)C)cc4c4cc(C(C)(C)C)cc(C(C)(C)C)c4o3)oc3c(C(C)(C)C)cc(C(C)(C)C)cc3c2c1. The van der Waals surface area contributed by atoms with Gasteiger partial charge in [-0.25, -0.2) is 0 Å². The molecule has 0 saturated carbocycles. The van der Waals surface area contributed by atoms with Gasteiger partial charge < -0.3 is 30.4 Å². The average molecular weight is 1550 g/mol. The van der Waals surface area contributed by atoms with Crippen LogP contribution in [0.15, 0.2) is 187 Å². The van der Waals surface area contributed by atoms with Gasteiger partial charge in [0.05, 0.1) is 38.6 Å². The molecule has 0 aliphatic carbocycles. The van der Waals surface area contributed by atoms with E-state index in [0.29, 0.717) is 0 Å². The molecule has 4 atom stereocenters. The largest absolute Gasteiger partial charge is 0.405 e. The van der Waals surface area contributed by atoms with E-state index in [1.807, 2.05) is 0 Å². The monoisotopic (exact) mass is 1540 g/mol. The number of hydrogen-bond donors (Lipinski definition) is 0. The summed E-state index contributed by atoms with van der Waals surface area (Å²) in [5.74, 6) is -0.863. The average Bonchev–Trinajstić information content (AvgIpc) is 1.72. The minimum absolute atomic E-state index is 0.142. The molecule has 3 heterocycles. The van der Waals surface area contributed by atoms with Crippen molar-refractivity contribution in [1.82, 2.24) is 0 Å². The number of fused-ring (bicyclic) bond motifs is 6. The molecule has 0 radical (unpaired) electrons. The van der Waals surface area contributed by atoms with E-state index in [9.17, 15) is 0 Å². The Morgan fingerprint density at radius 3 is 0.670 bits per heavy atom. The number of benzene rings is 8. The van der Waals surface area contributed by atoms with Crippen molar-refractivity contribution in [1.29, 1.82) is 0 Å². The summed E-state index contributed by atoms with van der Waals surface area (Å²) in [5, 5.41) is 8.05. The lowest BCUT2D eigenvalue weighted by atomic mass is 9.77. The Hall–Kier alpha value is -6.21. The van der Waals surface area contributed by atoms with Crippen molar-refractivity contribution in [2.45, 2.75) is 273 Å². The molecule has 9 nitrogen and oxygen atoms in total. The topological polar surface area (TPSA) is 98.7 Å². The summed E-state index contributed by atoms with van der Waals surface area (Å²) in [6.45, 7) is 69.8. The quantitative estimate of drug-likeness (QED) is 0.0876. The van der Waals surface area contributed by atoms with Gasteiger partial charge in [-0.05, 0) is 121 Å². The highest BCUT2D eigenvalue weighted by atomic mass is 31.1. The van der Waals surface area contributed by atoms with Gasteiger partial charge in [0.2, 0.25) is 0 Å². The lowest BCUT2D eigenvalue weighted by Gasteiger charge is -2.44. The zero-order valence-corrected chi connectivity index (χ0v) is 75.7. The number of rotatable bonds is 16. The first kappa shape index (κ1) is 83.7. The summed E-state index contributed by atoms with van der Waals surface area (Å²) in [4.78, 5) is 0. The fourth-order valence-electron chi connectivity index (χ4n) is 16.1. The van der Waals surface area contributed by atoms with Crippen LogP contribution in [0, 0.1) is 11.8 Å². The minimum Gasteiger partial charge on any atom is -0.405 e. The normalized spacial score (nSPS) is 17.2. The summed E-state index contributed by atoms with van der Waals surface area (Å²) in [5.41, 5.74) is 10.3. The van der Waals surface area contributed by atoms with E-state index >= 15 is 0 Å². The van der Waals surface area contributed by atoms with Crippen molar-refractivity contribution < 1.29 is 39.4 Å². The fourth-order valence-corrected chi connectivity index (χ4v) is 27.5. The minimum atomic E-state index is -3.23. The van der Waals surface area contributed by atoms with Gasteiger partial charge >= 0.3 is 16.5 Å². The maximum Gasteiger partial charge on any atom is 0.387 e. The van der Waals surface area contributed by atoms with Crippen LogP contribution in [0.3, 0.4) is 0 Å². The van der Waals surface area contributed by atoms with Gasteiger partial charge in [-0.15, -0.1) is 0 Å². The fraction of sp³-hybridized carbons (Fsp3) is 0.500. The second-order valence-corrected chi connectivity index (χ2v) is 52.2. The number of ether oxygens (including phenoxy) is 1. The Morgan fingerprint density at radius 2 is 0.486 bits per heavy atom. The molecule has 0 N–H and O–H groups in total. The molecule has 109 heavy (non-hydrogen) atoms. The third-order valence-electron chi connectivity index (χ3n) is 22.7. The van der Waals surface area contributed by atoms with Crippen LogP contribution in [0.2, 0.25) is 10.1 Å². The zero-order valence-electron chi connectivity index (χ0n) is 71.9. The van der Waals surface area contributed by atoms with E-state index in [2.05, 4.69) is 378 Å². The highest BCUT2D eigenvalue weighted by Gasteiger charge is 2.55. The Balaban J connectivity index is 1.20. The van der Waals surface area contributed by atoms with E-state index < -0.39 is 57.2 Å². The standard InChI is InChI=1S/C96H130O9P2Si2/c1-87(2,3)63-51-71-72-52-64(88(4,5)6)56-78(92(16,17)18)84(72)103-106(102-83(71)77(55-63)91(13,14)15)97-59-75-76(60-98-107-104-85-73(53-65(89(7,8)9)57-79(85)93(19,20)21)74-54-66(90(10,11)12)58-80(86(74)105-107)94(22,23)24)82(62-100-109(96(28,29)30,69-47-39-33-40-48-69)70-49-41-34-42-50-70)101-81(75)61-99-108(95(25,26)27,67-43-35-31-36-44-67)68-45-37-32-38-46-68/h31-58,75-76,81-82H,59-62H2,1-30H3/t75-,76-,81-,82?/m0/s1. The van der Waals surface area contributed by atoms with Crippen LogP contribution in [0.1, 0.15) is 252 Å². The van der Waals surface area contributed by atoms with Gasteiger partial charge in [-0.3, -0.25) is 9.05 Å². The van der Waals surface area contributed by atoms with Crippen LogP contribution in [0.4, 0.5) is 0 Å². The zero-order chi connectivity index (χ0) is 80.0. The predicted octanol–water partition coefficient (Wildman–Crippen LogP) is 25.0. The van der Waals surface area contributed by atoms with Gasteiger partial charge in [0, 0.05) is 55.6 Å². The van der Waals surface area contributed by atoms with Gasteiger partial charge in [0.25, 0.3) is 16.6 Å². The smallest absolute Gasteiger partial charge is 0.387 e. The maximum absolute atomic E-state index is 8.13. The first-order valence-electron chi connectivity index (χ1n) is 39.8. The highest BCUT2D eigenvalue weighted by Crippen LogP contribution is 2.51. The van der Waals surface area contributed by atoms with Gasteiger partial charge in [0.1, 0.15) is 22.3 Å². The van der Waals surface area contributed by atoms with Crippen molar-refractivity contribution in [3.05, 3.63) is 214 Å². The molecule has 1 saturated heterocycles. The summed E-state index contributed by atoms with van der Waals surface area (Å²) in [6.07, 6.45) is -1.17. The van der Waals surface area contributed by atoms with Crippen molar-refractivity contribution in [3.63, 3.8) is 0 Å². The lowest BCUT2D eigenvalue weighted by Crippen LogP contribution is -2.67. The van der Waals surface area contributed by atoms with Gasteiger partial charge in [-0.2, -0.15) is 0 Å². The molecule has 13 heteroatoms. The van der Waals surface area contributed by atoms with Crippen molar-refractivity contribution in [3.8, 4) is 0 Å². The second-order valence-electron chi connectivity index (χ2n) is 41.5. The van der Waals surface area contributed by atoms with E-state index in [0.717, 1.165) is 66.1 Å². The lowest BCUT2D eigenvalue weighted by molar-refractivity contribution is -0.0225. The maximum atomic E-state index is 8.13. The highest BCUT2D eigenvalue weighted by molar-refractivity contribution is 7.32. The summed E-state index contributed by atoms with van der Waals surface area (Å²) in [6, 6.07) is 62.6. The molecule has 2 aromatic heterocycles. The molecule has 586 valence electrons. The van der Waals surface area contributed by atoms with E-state index in [1.165, 1.54) is 43.0 Å². The van der Waals surface area contributed by atoms with E-state index in [-0.39, 0.29) is 79.8 Å². The summed E-state index contributed by atoms with van der Waals surface area (Å²) in [7, 11) is -10.9. The molecule has 0 bridgehead atoms. The Kier molecular flexibility index (Phi) is 23.3. The van der Waals surface area contributed by atoms with Crippen LogP contribution in [-0.2, 0) is 56.9 Å². The molecule has 1 unspecified atom stereocenters. The molecule has 10 aromatic rings. The van der Waals surface area contributed by atoms with Crippen molar-refractivity contribution in [2.75, 3.05) is 26.4 Å². The molecule has 0 spiro atoms. The van der Waals surface area contributed by atoms with E-state index in [4.69, 9.17) is 39.4 Å². The predicted molar refractivity (Wildman–Crippen MR) is 468 cm³/mol. The Morgan fingerprint density at radius 1 is 0.275 bits per heavy atom. The second kappa shape index (κ2) is 30.3. The molecule has 1 fully saturated rings. The van der Waals surface area contributed by atoms with Gasteiger partial charge in [-0.1, -0.05) is 353 Å². The summed E-state index contributed by atoms with van der Waals surface area (Å²) >= 11 is 0. The molecule has 1 aliphatic rings. The third kappa shape index (κ3) is 17.3. The van der Waals surface area contributed by atoms with Crippen LogP contribution in [-0.4, -0.2) is 55.3 Å². The third-order valence-corrected chi connectivity index (χ3v) is 34.7. The molecular formula is C96H130O9P2Si2.